The normalized spacial score (nSPS) is 28.0. The smallest absolute Gasteiger partial charge is 0.310 e. The number of aliphatic hydroxyl groups excluding tert-OH is 1. The van der Waals surface area contributed by atoms with Crippen molar-refractivity contribution in [2.75, 3.05) is 31.2 Å². The average molecular weight is 583 g/mol. The SMILES string of the molecule is C=CCCCOC(=O)[C@@H]1[C@H]2C(=O)N(CCCCCCO)C(C(=O)N(CC=C)c3c(C)cccc3C)C23S[C@@H]1CC3C. The molecule has 0 aliphatic carbocycles. The van der Waals surface area contributed by atoms with E-state index >= 15 is 0 Å². The largest absolute Gasteiger partial charge is 0.465 e. The van der Waals surface area contributed by atoms with E-state index in [-0.39, 0.29) is 35.6 Å². The number of rotatable bonds is 15. The van der Waals surface area contributed by atoms with E-state index in [0.717, 1.165) is 55.3 Å². The molecule has 41 heavy (non-hydrogen) atoms. The number of carbonyl (C=O) groups excluding carboxylic acids is 3. The Labute approximate surface area is 249 Å². The lowest BCUT2D eigenvalue weighted by molar-refractivity contribution is -0.154. The highest BCUT2D eigenvalue weighted by atomic mass is 32.2. The molecule has 0 radical (unpaired) electrons. The Balaban J connectivity index is 1.72. The molecule has 1 aromatic carbocycles. The fourth-order valence-corrected chi connectivity index (χ4v) is 9.76. The van der Waals surface area contributed by atoms with Crippen molar-refractivity contribution in [1.82, 2.24) is 4.90 Å². The number of aryl methyl sites for hydroxylation is 2. The third kappa shape index (κ3) is 5.74. The topological polar surface area (TPSA) is 87.1 Å². The number of thioether (sulfide) groups is 1. The minimum Gasteiger partial charge on any atom is -0.465 e. The van der Waals surface area contributed by atoms with Gasteiger partial charge < -0.3 is 19.6 Å². The first-order valence-corrected chi connectivity index (χ1v) is 16.0. The fraction of sp³-hybridized carbons (Fsp3) is 0.606. The van der Waals surface area contributed by atoms with Crippen molar-refractivity contribution in [3.8, 4) is 0 Å². The van der Waals surface area contributed by atoms with Crippen LogP contribution in [0.5, 0.6) is 0 Å². The predicted molar refractivity (Wildman–Crippen MR) is 165 cm³/mol. The van der Waals surface area contributed by atoms with Crippen molar-refractivity contribution in [2.24, 2.45) is 17.8 Å². The van der Waals surface area contributed by atoms with Crippen LogP contribution < -0.4 is 4.90 Å². The molecule has 0 aromatic heterocycles. The molecule has 4 rings (SSSR count). The van der Waals surface area contributed by atoms with Gasteiger partial charge in [-0.05, 0) is 63.0 Å². The maximum atomic E-state index is 14.8. The van der Waals surface area contributed by atoms with Crippen LogP contribution in [0.4, 0.5) is 5.69 Å². The number of amides is 2. The molecular weight excluding hydrogens is 536 g/mol. The van der Waals surface area contributed by atoms with Crippen LogP contribution in [-0.2, 0) is 19.1 Å². The highest BCUT2D eigenvalue weighted by Crippen LogP contribution is 2.69. The van der Waals surface area contributed by atoms with E-state index in [1.165, 1.54) is 0 Å². The van der Waals surface area contributed by atoms with Crippen LogP contribution in [0.2, 0.25) is 0 Å². The third-order valence-electron chi connectivity index (χ3n) is 9.14. The van der Waals surface area contributed by atoms with Crippen LogP contribution in [0.15, 0.2) is 43.5 Å². The molecule has 3 unspecified atom stereocenters. The number of unbranched alkanes of at least 4 members (excludes halogenated alkanes) is 4. The van der Waals surface area contributed by atoms with Gasteiger partial charge in [-0.2, -0.15) is 0 Å². The zero-order valence-corrected chi connectivity index (χ0v) is 25.7. The van der Waals surface area contributed by atoms with Crippen molar-refractivity contribution in [2.45, 2.75) is 81.8 Å². The number of hydrogen-bond acceptors (Lipinski definition) is 6. The molecule has 224 valence electrons. The number of para-hydroxylation sites is 1. The fourth-order valence-electron chi connectivity index (χ4n) is 7.35. The van der Waals surface area contributed by atoms with E-state index in [1.807, 2.05) is 32.0 Å². The van der Waals surface area contributed by atoms with Crippen molar-refractivity contribution in [1.29, 1.82) is 0 Å². The molecule has 3 aliphatic rings. The summed E-state index contributed by atoms with van der Waals surface area (Å²) in [4.78, 5) is 46.3. The van der Waals surface area contributed by atoms with Gasteiger partial charge in [0.25, 0.3) is 5.91 Å². The number of nitrogens with zero attached hydrogens (tertiary/aromatic N) is 2. The molecule has 3 aliphatic heterocycles. The first-order valence-electron chi connectivity index (χ1n) is 15.1. The van der Waals surface area contributed by atoms with Gasteiger partial charge in [0.2, 0.25) is 5.91 Å². The summed E-state index contributed by atoms with van der Waals surface area (Å²) in [6.45, 7) is 15.1. The molecule has 1 aromatic rings. The lowest BCUT2D eigenvalue weighted by Crippen LogP contribution is -2.57. The number of allylic oxidation sites excluding steroid dienone is 1. The number of aliphatic hydroxyl groups is 1. The van der Waals surface area contributed by atoms with Gasteiger partial charge in [0.05, 0.1) is 23.2 Å². The maximum absolute atomic E-state index is 14.8. The number of likely N-dealkylation sites (tertiary alicyclic amines) is 1. The Morgan fingerprint density at radius 3 is 2.51 bits per heavy atom. The number of anilines is 1. The highest BCUT2D eigenvalue weighted by Gasteiger charge is 2.76. The summed E-state index contributed by atoms with van der Waals surface area (Å²) in [5.41, 5.74) is 2.84. The molecule has 1 spiro atoms. The summed E-state index contributed by atoms with van der Waals surface area (Å²) in [5.74, 6) is -1.55. The van der Waals surface area contributed by atoms with Gasteiger partial charge in [-0.3, -0.25) is 14.4 Å². The Morgan fingerprint density at radius 2 is 1.85 bits per heavy atom. The number of fused-ring (bicyclic) bond motifs is 1. The second-order valence-corrected chi connectivity index (χ2v) is 13.3. The molecule has 6 atom stereocenters. The standard InChI is InChI=1S/C33H46N2O5S/c1-6-8-13-20-40-32(39)26-25-21-24(5)33(41-25)27(26)30(37)35(18-11-9-10-12-19-36)29(33)31(38)34(17-7-2)28-22(3)15-14-16-23(28)4/h6-7,14-16,24-27,29,36H,1-2,8-13,17-21H2,3-5H3/t24?,25-,26+,27+,29?,33?/m1/s1. The summed E-state index contributed by atoms with van der Waals surface area (Å²) in [5, 5.41) is 9.16. The summed E-state index contributed by atoms with van der Waals surface area (Å²) < 4.78 is 5.02. The van der Waals surface area contributed by atoms with Crippen molar-refractivity contribution < 1.29 is 24.2 Å². The van der Waals surface area contributed by atoms with Gasteiger partial charge in [-0.1, -0.05) is 50.1 Å². The van der Waals surface area contributed by atoms with Crippen LogP contribution in [-0.4, -0.2) is 70.1 Å². The molecule has 1 N–H and O–H groups in total. The molecule has 3 heterocycles. The molecule has 2 bridgehead atoms. The third-order valence-corrected chi connectivity index (χ3v) is 11.2. The number of benzene rings is 1. The molecule has 3 saturated heterocycles. The average Bonchev–Trinajstić information content (AvgIpc) is 3.53. The Morgan fingerprint density at radius 1 is 1.15 bits per heavy atom. The minimum absolute atomic E-state index is 0.0408. The monoisotopic (exact) mass is 582 g/mol. The highest BCUT2D eigenvalue weighted by molar-refractivity contribution is 8.02. The second-order valence-electron chi connectivity index (χ2n) is 11.8. The Bertz CT molecular complexity index is 1130. The van der Waals surface area contributed by atoms with Crippen LogP contribution >= 0.6 is 11.8 Å². The van der Waals surface area contributed by atoms with Gasteiger partial charge in [0.15, 0.2) is 0 Å². The maximum Gasteiger partial charge on any atom is 0.310 e. The predicted octanol–water partition coefficient (Wildman–Crippen LogP) is 5.22. The van der Waals surface area contributed by atoms with Crippen LogP contribution in [0.1, 0.15) is 63.0 Å². The van der Waals surface area contributed by atoms with E-state index in [2.05, 4.69) is 20.1 Å². The summed E-state index contributed by atoms with van der Waals surface area (Å²) in [6, 6.07) is 5.31. The van der Waals surface area contributed by atoms with E-state index in [4.69, 9.17) is 4.74 Å². The number of ether oxygens (including phenoxy) is 1. The second kappa shape index (κ2) is 13.6. The van der Waals surface area contributed by atoms with Gasteiger partial charge in [0.1, 0.15) is 6.04 Å². The van der Waals surface area contributed by atoms with Crippen LogP contribution in [0.25, 0.3) is 0 Å². The molecular formula is C33H46N2O5S. The molecule has 2 amide bonds. The number of esters is 1. The zero-order valence-electron chi connectivity index (χ0n) is 24.8. The lowest BCUT2D eigenvalue weighted by atomic mass is 9.66. The molecule has 8 heteroatoms. The van der Waals surface area contributed by atoms with E-state index in [9.17, 15) is 19.5 Å². The van der Waals surface area contributed by atoms with Gasteiger partial charge in [-0.25, -0.2) is 0 Å². The van der Waals surface area contributed by atoms with E-state index in [0.29, 0.717) is 26.1 Å². The van der Waals surface area contributed by atoms with E-state index < -0.39 is 22.6 Å². The van der Waals surface area contributed by atoms with Crippen molar-refractivity contribution >= 4 is 35.2 Å². The number of hydrogen-bond donors (Lipinski definition) is 1. The molecule has 7 nitrogen and oxygen atoms in total. The zero-order chi connectivity index (χ0) is 29.7. The first kappa shape index (κ1) is 31.4. The van der Waals surface area contributed by atoms with Crippen molar-refractivity contribution in [3.05, 3.63) is 54.6 Å². The Kier molecular flexibility index (Phi) is 10.4. The minimum atomic E-state index is -0.690. The van der Waals surface area contributed by atoms with Gasteiger partial charge >= 0.3 is 5.97 Å². The molecule has 3 fully saturated rings. The molecule has 0 saturated carbocycles. The summed E-state index contributed by atoms with van der Waals surface area (Å²) >= 11 is 1.68. The van der Waals surface area contributed by atoms with Crippen molar-refractivity contribution in [3.63, 3.8) is 0 Å². The summed E-state index contributed by atoms with van der Waals surface area (Å²) in [7, 11) is 0. The number of carbonyl (C=O) groups is 3. The van der Waals surface area contributed by atoms with Gasteiger partial charge in [0, 0.05) is 30.6 Å². The Hall–Kier alpha value is -2.58. The van der Waals surface area contributed by atoms with Crippen LogP contribution in [0.3, 0.4) is 0 Å². The lowest BCUT2D eigenvalue weighted by Gasteiger charge is -2.41. The quantitative estimate of drug-likeness (QED) is 0.173. The van der Waals surface area contributed by atoms with Crippen LogP contribution in [0, 0.1) is 31.6 Å². The van der Waals surface area contributed by atoms with Gasteiger partial charge in [-0.15, -0.1) is 24.9 Å². The first-order chi connectivity index (χ1) is 19.7. The van der Waals surface area contributed by atoms with E-state index in [1.54, 1.807) is 33.7 Å². The summed E-state index contributed by atoms with van der Waals surface area (Å²) in [6.07, 6.45) is 8.96.